The van der Waals surface area contributed by atoms with E-state index in [2.05, 4.69) is 5.32 Å². The number of hydrogen-bond donors (Lipinski definition) is 2. The number of rotatable bonds is 5. The van der Waals surface area contributed by atoms with Crippen molar-refractivity contribution in [1.29, 1.82) is 0 Å². The Morgan fingerprint density at radius 2 is 2.24 bits per heavy atom. The molecule has 1 aliphatic rings. The van der Waals surface area contributed by atoms with Crippen molar-refractivity contribution in [3.8, 4) is 0 Å². The Morgan fingerprint density at radius 3 is 2.71 bits per heavy atom. The normalized spacial score (nSPS) is 21.4. The minimum absolute atomic E-state index is 0.0240. The number of amides is 2. The quantitative estimate of drug-likeness (QED) is 0.692. The van der Waals surface area contributed by atoms with E-state index < -0.39 is 11.9 Å². The Kier molecular flexibility index (Phi) is 4.48. The molecule has 1 aliphatic heterocycles. The monoisotopic (exact) mass is 242 g/mol. The van der Waals surface area contributed by atoms with Crippen molar-refractivity contribution in [3.63, 3.8) is 0 Å². The van der Waals surface area contributed by atoms with Crippen molar-refractivity contribution < 1.29 is 19.5 Å². The van der Waals surface area contributed by atoms with Crippen LogP contribution in [-0.4, -0.2) is 47.9 Å². The first-order valence-corrected chi connectivity index (χ1v) is 5.66. The van der Waals surface area contributed by atoms with E-state index in [1.54, 1.807) is 14.0 Å². The molecular formula is C11H18N2O4. The topological polar surface area (TPSA) is 86.7 Å². The minimum atomic E-state index is -0.866. The fourth-order valence-corrected chi connectivity index (χ4v) is 1.72. The van der Waals surface area contributed by atoms with Crippen molar-refractivity contribution >= 4 is 17.8 Å². The number of likely N-dealkylation sites (tertiary alicyclic amines) is 1. The average Bonchev–Trinajstić information content (AvgIpc) is 2.59. The number of hydrogen-bond acceptors (Lipinski definition) is 3. The van der Waals surface area contributed by atoms with Crippen LogP contribution in [0.1, 0.15) is 19.8 Å². The van der Waals surface area contributed by atoms with Crippen molar-refractivity contribution in [3.05, 3.63) is 0 Å². The summed E-state index contributed by atoms with van der Waals surface area (Å²) < 4.78 is 0. The van der Waals surface area contributed by atoms with Gasteiger partial charge < -0.3 is 15.3 Å². The van der Waals surface area contributed by atoms with E-state index in [4.69, 9.17) is 5.11 Å². The molecule has 2 unspecified atom stereocenters. The lowest BCUT2D eigenvalue weighted by Crippen LogP contribution is -2.33. The van der Waals surface area contributed by atoms with Crippen molar-refractivity contribution in [2.75, 3.05) is 20.1 Å². The molecule has 96 valence electrons. The number of nitrogens with zero attached hydrogens (tertiary/aromatic N) is 1. The van der Waals surface area contributed by atoms with Crippen LogP contribution in [0, 0.1) is 11.8 Å². The van der Waals surface area contributed by atoms with Crippen LogP contribution in [0.5, 0.6) is 0 Å². The van der Waals surface area contributed by atoms with Gasteiger partial charge in [-0.1, -0.05) is 6.92 Å². The molecule has 1 fully saturated rings. The van der Waals surface area contributed by atoms with Crippen LogP contribution in [-0.2, 0) is 14.4 Å². The van der Waals surface area contributed by atoms with Gasteiger partial charge in [-0.2, -0.15) is 0 Å². The van der Waals surface area contributed by atoms with Crippen LogP contribution in [0.3, 0.4) is 0 Å². The second kappa shape index (κ2) is 5.65. The van der Waals surface area contributed by atoms with E-state index in [9.17, 15) is 14.4 Å². The van der Waals surface area contributed by atoms with Gasteiger partial charge in [-0.25, -0.2) is 0 Å². The molecule has 17 heavy (non-hydrogen) atoms. The summed E-state index contributed by atoms with van der Waals surface area (Å²) in [6.45, 7) is 2.38. The first kappa shape index (κ1) is 13.5. The van der Waals surface area contributed by atoms with Crippen molar-refractivity contribution in [2.45, 2.75) is 19.8 Å². The molecule has 0 bridgehead atoms. The average molecular weight is 242 g/mol. The highest BCUT2D eigenvalue weighted by atomic mass is 16.4. The second-order valence-corrected chi connectivity index (χ2v) is 4.49. The predicted molar refractivity (Wildman–Crippen MR) is 60.2 cm³/mol. The second-order valence-electron chi connectivity index (χ2n) is 4.49. The molecule has 0 radical (unpaired) electrons. The van der Waals surface area contributed by atoms with Crippen molar-refractivity contribution in [2.24, 2.45) is 11.8 Å². The molecule has 1 rings (SSSR count). The van der Waals surface area contributed by atoms with E-state index in [-0.39, 0.29) is 24.2 Å². The van der Waals surface area contributed by atoms with Gasteiger partial charge in [0.1, 0.15) is 0 Å². The molecule has 0 aromatic heterocycles. The maximum Gasteiger partial charge on any atom is 0.306 e. The molecule has 0 aliphatic carbocycles. The SMILES string of the molecule is CC(CCNC(=O)C1CC(=O)N(C)C1)C(=O)O. The zero-order valence-electron chi connectivity index (χ0n) is 10.1. The molecule has 0 aromatic carbocycles. The number of carbonyl (C=O) groups excluding carboxylic acids is 2. The van der Waals surface area contributed by atoms with E-state index in [0.29, 0.717) is 19.5 Å². The highest BCUT2D eigenvalue weighted by Crippen LogP contribution is 2.15. The van der Waals surface area contributed by atoms with Crippen molar-refractivity contribution in [1.82, 2.24) is 10.2 Å². The minimum Gasteiger partial charge on any atom is -0.481 e. The third-order valence-electron chi connectivity index (χ3n) is 3.01. The summed E-state index contributed by atoms with van der Waals surface area (Å²) in [5, 5.41) is 11.3. The summed E-state index contributed by atoms with van der Waals surface area (Å²) in [4.78, 5) is 35.0. The Labute approximate surface area is 100.0 Å². The van der Waals surface area contributed by atoms with Crippen LogP contribution >= 0.6 is 0 Å². The lowest BCUT2D eigenvalue weighted by Gasteiger charge is -2.12. The summed E-state index contributed by atoms with van der Waals surface area (Å²) >= 11 is 0. The largest absolute Gasteiger partial charge is 0.481 e. The maximum atomic E-state index is 11.7. The van der Waals surface area contributed by atoms with E-state index >= 15 is 0 Å². The summed E-state index contributed by atoms with van der Waals surface area (Å²) in [5.74, 6) is -1.82. The number of nitrogens with one attached hydrogen (secondary N) is 1. The summed E-state index contributed by atoms with van der Waals surface area (Å²) in [5.41, 5.74) is 0. The Hall–Kier alpha value is -1.59. The highest BCUT2D eigenvalue weighted by molar-refractivity contribution is 5.89. The van der Waals surface area contributed by atoms with Crippen LogP contribution in [0.2, 0.25) is 0 Å². The first-order chi connectivity index (χ1) is 7.91. The Balaban J connectivity index is 2.27. The van der Waals surface area contributed by atoms with Gasteiger partial charge in [-0.3, -0.25) is 14.4 Å². The van der Waals surface area contributed by atoms with Gasteiger partial charge >= 0.3 is 5.97 Å². The van der Waals surface area contributed by atoms with Gasteiger partial charge in [0, 0.05) is 26.6 Å². The van der Waals surface area contributed by atoms with Crippen LogP contribution in [0.25, 0.3) is 0 Å². The van der Waals surface area contributed by atoms with Gasteiger partial charge in [0.2, 0.25) is 11.8 Å². The zero-order valence-corrected chi connectivity index (χ0v) is 10.1. The molecule has 1 saturated heterocycles. The van der Waals surface area contributed by atoms with E-state index in [1.807, 2.05) is 0 Å². The van der Waals surface area contributed by atoms with E-state index in [0.717, 1.165) is 0 Å². The van der Waals surface area contributed by atoms with Gasteiger partial charge in [0.05, 0.1) is 11.8 Å². The van der Waals surface area contributed by atoms with Crippen LogP contribution < -0.4 is 5.32 Å². The first-order valence-electron chi connectivity index (χ1n) is 5.66. The Bertz CT molecular complexity index is 329. The lowest BCUT2D eigenvalue weighted by molar-refractivity contribution is -0.141. The number of aliphatic carboxylic acids is 1. The summed E-state index contributed by atoms with van der Waals surface area (Å²) in [6.07, 6.45) is 0.647. The molecule has 0 spiro atoms. The van der Waals surface area contributed by atoms with Gasteiger partial charge in [-0.05, 0) is 6.42 Å². The Morgan fingerprint density at radius 1 is 1.59 bits per heavy atom. The summed E-state index contributed by atoms with van der Waals surface area (Å²) in [7, 11) is 1.67. The lowest BCUT2D eigenvalue weighted by atomic mass is 10.1. The predicted octanol–water partition coefficient (Wildman–Crippen LogP) is -0.308. The summed E-state index contributed by atoms with van der Waals surface area (Å²) in [6, 6.07) is 0. The van der Waals surface area contributed by atoms with Gasteiger partial charge in [-0.15, -0.1) is 0 Å². The van der Waals surface area contributed by atoms with Crippen LogP contribution in [0.4, 0.5) is 0 Å². The van der Waals surface area contributed by atoms with E-state index in [1.165, 1.54) is 4.90 Å². The number of carboxylic acid groups (broad SMARTS) is 1. The molecule has 2 amide bonds. The molecule has 6 nitrogen and oxygen atoms in total. The number of carboxylic acids is 1. The molecular weight excluding hydrogens is 224 g/mol. The van der Waals surface area contributed by atoms with Crippen LogP contribution in [0.15, 0.2) is 0 Å². The molecule has 0 aromatic rings. The van der Waals surface area contributed by atoms with Gasteiger partial charge in [0.25, 0.3) is 0 Å². The third kappa shape index (κ3) is 3.72. The number of carbonyl (C=O) groups is 3. The highest BCUT2D eigenvalue weighted by Gasteiger charge is 2.31. The molecule has 6 heteroatoms. The third-order valence-corrected chi connectivity index (χ3v) is 3.01. The zero-order chi connectivity index (χ0) is 13.0. The smallest absolute Gasteiger partial charge is 0.306 e. The molecule has 2 N–H and O–H groups in total. The fraction of sp³-hybridized carbons (Fsp3) is 0.727. The van der Waals surface area contributed by atoms with Gasteiger partial charge in [0.15, 0.2) is 0 Å². The molecule has 2 atom stereocenters. The molecule has 0 saturated carbocycles. The standard InChI is InChI=1S/C11H18N2O4/c1-7(11(16)17)3-4-12-10(15)8-5-9(14)13(2)6-8/h7-8H,3-6H2,1-2H3,(H,12,15)(H,16,17). The maximum absolute atomic E-state index is 11.7. The molecule has 1 heterocycles. The fourth-order valence-electron chi connectivity index (χ4n) is 1.72.